The number of hydrogen-bond donors (Lipinski definition) is 2. The molecular formula is C34H33ClN4O5. The highest BCUT2D eigenvalue weighted by Crippen LogP contribution is 2.38. The SMILES string of the molecule is Cc1cccc(Cl)c1C(=N)/C(COc1ccc(N(C)c2ccc3c(C(=O)N=O)cn(C)c3c2)c(CCC=O)c1)=C(\O)C1CC1. The van der Waals surface area contributed by atoms with Crippen LogP contribution in [0, 0.1) is 23.2 Å². The average molecular weight is 613 g/mol. The minimum atomic E-state index is -0.816. The number of nitrogens with one attached hydrogen (secondary N) is 1. The fraction of sp³-hybridized carbons (Fsp3) is 0.265. The Labute approximate surface area is 260 Å². The standard InChI is InChI=1S/C34H33ClN4O5/c1-20-6-4-8-28(35)31(20)32(36)27(33(41)21-9-10-21)19-44-24-12-14-29(22(16-24)7-5-15-40)39(3)23-11-13-25-26(34(42)37-43)18-38(2)30(25)17-23/h4,6,8,11-18,21,36,41H,5,7,9-10,19H2,1-3H3/b33-27-,36-32?. The van der Waals surface area contributed by atoms with Gasteiger partial charge in [-0.1, -0.05) is 23.7 Å². The maximum absolute atomic E-state index is 12.0. The number of nitrogens with zero attached hydrogens (tertiary/aromatic N) is 3. The highest BCUT2D eigenvalue weighted by molar-refractivity contribution is 6.35. The number of benzene rings is 3. The van der Waals surface area contributed by atoms with Gasteiger partial charge in [0.15, 0.2) is 0 Å². The molecule has 4 aromatic rings. The molecule has 9 nitrogen and oxygen atoms in total. The number of aliphatic hydroxyl groups excluding tert-OH is 1. The number of hydrogen-bond acceptors (Lipinski definition) is 7. The fourth-order valence-electron chi connectivity index (χ4n) is 5.47. The van der Waals surface area contributed by atoms with Crippen LogP contribution in [0.25, 0.3) is 10.9 Å². The van der Waals surface area contributed by atoms with Crippen molar-refractivity contribution in [3.63, 3.8) is 0 Å². The Balaban J connectivity index is 1.44. The quantitative estimate of drug-likeness (QED) is 0.0734. The zero-order valence-electron chi connectivity index (χ0n) is 24.8. The highest BCUT2D eigenvalue weighted by Gasteiger charge is 2.31. The number of carbonyl (C=O) groups excluding carboxylic acids is 2. The minimum Gasteiger partial charge on any atom is -0.512 e. The molecule has 1 saturated carbocycles. The third-order valence-corrected chi connectivity index (χ3v) is 8.36. The average Bonchev–Trinajstić information content (AvgIpc) is 3.82. The number of carbonyl (C=O) groups is 2. The van der Waals surface area contributed by atoms with Crippen LogP contribution >= 0.6 is 11.6 Å². The van der Waals surface area contributed by atoms with Crippen LogP contribution < -0.4 is 9.64 Å². The minimum absolute atomic E-state index is 0.0152. The largest absolute Gasteiger partial charge is 0.512 e. The molecule has 0 radical (unpaired) electrons. The maximum atomic E-state index is 12.0. The van der Waals surface area contributed by atoms with Crippen LogP contribution in [0.4, 0.5) is 11.4 Å². The summed E-state index contributed by atoms with van der Waals surface area (Å²) in [7, 11) is 3.71. The molecule has 1 aliphatic rings. The van der Waals surface area contributed by atoms with E-state index in [1.807, 2.05) is 61.3 Å². The summed E-state index contributed by atoms with van der Waals surface area (Å²) in [5.74, 6) is -0.0997. The van der Waals surface area contributed by atoms with Gasteiger partial charge >= 0.3 is 5.91 Å². The molecule has 44 heavy (non-hydrogen) atoms. The molecule has 2 N–H and O–H groups in total. The number of allylic oxidation sites excluding steroid dienone is 1. The first-order chi connectivity index (χ1) is 21.1. The smallest absolute Gasteiger partial charge is 0.318 e. The van der Waals surface area contributed by atoms with Gasteiger partial charge in [-0.2, -0.15) is 0 Å². The van der Waals surface area contributed by atoms with E-state index in [0.717, 1.165) is 47.1 Å². The number of aldehydes is 1. The van der Waals surface area contributed by atoms with E-state index in [0.29, 0.717) is 40.1 Å². The third kappa shape index (κ3) is 6.14. The van der Waals surface area contributed by atoms with E-state index in [2.05, 4.69) is 5.18 Å². The normalized spacial score (nSPS) is 13.4. The number of aromatic nitrogens is 1. The second-order valence-corrected chi connectivity index (χ2v) is 11.4. The number of anilines is 2. The molecule has 0 spiro atoms. The van der Waals surface area contributed by atoms with E-state index in [4.69, 9.17) is 21.7 Å². The van der Waals surface area contributed by atoms with Crippen molar-refractivity contribution in [3.8, 4) is 5.75 Å². The lowest BCUT2D eigenvalue weighted by Crippen LogP contribution is -2.17. The number of rotatable bonds is 12. The van der Waals surface area contributed by atoms with Crippen molar-refractivity contribution >= 4 is 51.8 Å². The molecule has 1 fully saturated rings. The van der Waals surface area contributed by atoms with Gasteiger partial charge in [-0.05, 0) is 79.8 Å². The lowest BCUT2D eigenvalue weighted by Gasteiger charge is -2.24. The van der Waals surface area contributed by atoms with Gasteiger partial charge in [0.05, 0.1) is 27.4 Å². The Morgan fingerprint density at radius 2 is 1.98 bits per heavy atom. The first-order valence-corrected chi connectivity index (χ1v) is 14.7. The van der Waals surface area contributed by atoms with Crippen LogP contribution in [-0.2, 0) is 18.3 Å². The van der Waals surface area contributed by atoms with Crippen LogP contribution in [0.5, 0.6) is 5.75 Å². The number of nitroso groups, excluding NO2 is 1. The summed E-state index contributed by atoms with van der Waals surface area (Å²) in [6, 6.07) is 16.6. The summed E-state index contributed by atoms with van der Waals surface area (Å²) in [5, 5.41) is 23.6. The molecule has 0 saturated heterocycles. The molecule has 0 aliphatic heterocycles. The predicted octanol–water partition coefficient (Wildman–Crippen LogP) is 7.62. The van der Waals surface area contributed by atoms with E-state index in [1.54, 1.807) is 29.9 Å². The summed E-state index contributed by atoms with van der Waals surface area (Å²) in [4.78, 5) is 36.2. The molecule has 1 aromatic heterocycles. The van der Waals surface area contributed by atoms with Crippen molar-refractivity contribution in [3.05, 3.63) is 104 Å². The topological polar surface area (TPSA) is 125 Å². The van der Waals surface area contributed by atoms with Crippen LogP contribution in [0.1, 0.15) is 46.3 Å². The molecule has 0 unspecified atom stereocenters. The first-order valence-electron chi connectivity index (χ1n) is 14.3. The van der Waals surface area contributed by atoms with Gasteiger partial charge in [-0.25, -0.2) is 0 Å². The van der Waals surface area contributed by atoms with Gasteiger partial charge in [-0.3, -0.25) is 10.2 Å². The number of fused-ring (bicyclic) bond motifs is 1. The van der Waals surface area contributed by atoms with Crippen LogP contribution in [0.15, 0.2) is 77.3 Å². The van der Waals surface area contributed by atoms with Crippen LogP contribution in [0.3, 0.4) is 0 Å². The Kier molecular flexibility index (Phi) is 8.96. The zero-order chi connectivity index (χ0) is 31.5. The van der Waals surface area contributed by atoms with E-state index in [9.17, 15) is 19.6 Å². The van der Waals surface area contributed by atoms with Gasteiger partial charge in [0.1, 0.15) is 24.4 Å². The Bertz CT molecular complexity index is 1800. The Morgan fingerprint density at radius 3 is 2.66 bits per heavy atom. The summed E-state index contributed by atoms with van der Waals surface area (Å²) in [5.41, 5.74) is 5.52. The molecule has 1 heterocycles. The second-order valence-electron chi connectivity index (χ2n) is 11.0. The molecule has 0 atom stereocenters. The van der Waals surface area contributed by atoms with E-state index < -0.39 is 5.91 Å². The summed E-state index contributed by atoms with van der Waals surface area (Å²) >= 11 is 6.46. The molecule has 3 aromatic carbocycles. The maximum Gasteiger partial charge on any atom is 0.318 e. The van der Waals surface area contributed by atoms with Gasteiger partial charge in [0.25, 0.3) is 0 Å². The first kappa shape index (κ1) is 30.7. The molecule has 0 bridgehead atoms. The van der Waals surface area contributed by atoms with Gasteiger partial charge in [0, 0.05) is 60.1 Å². The van der Waals surface area contributed by atoms with Crippen molar-refractivity contribution in [1.82, 2.24) is 4.57 Å². The van der Waals surface area contributed by atoms with Crippen molar-refractivity contribution < 1.29 is 19.4 Å². The van der Waals surface area contributed by atoms with Crippen molar-refractivity contribution in [1.29, 1.82) is 5.41 Å². The third-order valence-electron chi connectivity index (χ3n) is 8.05. The lowest BCUT2D eigenvalue weighted by atomic mass is 9.96. The molecular weight excluding hydrogens is 580 g/mol. The second kappa shape index (κ2) is 12.9. The van der Waals surface area contributed by atoms with Crippen molar-refractivity contribution in [2.24, 2.45) is 18.1 Å². The summed E-state index contributed by atoms with van der Waals surface area (Å²) in [6.45, 7) is 1.86. The van der Waals surface area contributed by atoms with Crippen molar-refractivity contribution in [2.45, 2.75) is 32.6 Å². The zero-order valence-corrected chi connectivity index (χ0v) is 25.5. The van der Waals surface area contributed by atoms with Gasteiger partial charge in [0.2, 0.25) is 0 Å². The van der Waals surface area contributed by atoms with E-state index >= 15 is 0 Å². The Hall–Kier alpha value is -4.76. The van der Waals surface area contributed by atoms with E-state index in [-0.39, 0.29) is 29.6 Å². The van der Waals surface area contributed by atoms with Crippen LogP contribution in [-0.4, -0.2) is 41.2 Å². The monoisotopic (exact) mass is 612 g/mol. The molecule has 1 aliphatic carbocycles. The number of halogens is 1. The summed E-state index contributed by atoms with van der Waals surface area (Å²) < 4.78 is 7.96. The van der Waals surface area contributed by atoms with E-state index in [1.165, 1.54) is 0 Å². The molecule has 226 valence electrons. The highest BCUT2D eigenvalue weighted by atomic mass is 35.5. The fourth-order valence-corrected chi connectivity index (χ4v) is 5.78. The molecule has 10 heteroatoms. The number of ether oxygens (including phenoxy) is 1. The Morgan fingerprint density at radius 1 is 1.20 bits per heavy atom. The predicted molar refractivity (Wildman–Crippen MR) is 173 cm³/mol. The van der Waals surface area contributed by atoms with Crippen molar-refractivity contribution in [2.75, 3.05) is 18.6 Å². The van der Waals surface area contributed by atoms with Gasteiger partial charge < -0.3 is 24.1 Å². The number of aliphatic hydroxyl groups is 1. The lowest BCUT2D eigenvalue weighted by molar-refractivity contribution is -0.107. The summed E-state index contributed by atoms with van der Waals surface area (Å²) in [6.07, 6.45) is 4.98. The molecule has 1 amide bonds. The van der Waals surface area contributed by atoms with Gasteiger partial charge in [-0.15, -0.1) is 4.91 Å². The number of aryl methyl sites for hydroxylation is 3. The van der Waals surface area contributed by atoms with Crippen LogP contribution in [0.2, 0.25) is 5.02 Å². The molecule has 5 rings (SSSR count). The number of amides is 1.